The molecule has 1 aromatic carbocycles. The van der Waals surface area contributed by atoms with E-state index < -0.39 is 23.1 Å². The van der Waals surface area contributed by atoms with E-state index in [0.29, 0.717) is 31.0 Å². The van der Waals surface area contributed by atoms with Gasteiger partial charge in [-0.05, 0) is 25.7 Å². The first-order chi connectivity index (χ1) is 23.5. The van der Waals surface area contributed by atoms with Crippen LogP contribution < -0.4 is 31.7 Å². The molecule has 0 aliphatic heterocycles. The minimum absolute atomic E-state index is 0.374. The van der Waals surface area contributed by atoms with Crippen LogP contribution >= 0.6 is 0 Å². The van der Waals surface area contributed by atoms with E-state index in [0.717, 1.165) is 32.5 Å². The van der Waals surface area contributed by atoms with Gasteiger partial charge in [0, 0.05) is 20.0 Å². The summed E-state index contributed by atoms with van der Waals surface area (Å²) in [6.07, 6.45) is 31.3. The molecule has 0 spiro atoms. The minimum Gasteiger partial charge on any atom is -0.384 e. The van der Waals surface area contributed by atoms with Gasteiger partial charge in [0.05, 0.1) is 19.6 Å². The fraction of sp³-hybridized carbons (Fsp3) is 0.900. The first-order valence-electron chi connectivity index (χ1n) is 20.7. The number of anilines is 2. The Kier molecular flexibility index (Phi) is 29.2. The van der Waals surface area contributed by atoms with Gasteiger partial charge in [0.2, 0.25) is 0 Å². The van der Waals surface area contributed by atoms with Crippen LogP contribution in [0.1, 0.15) is 174 Å². The number of aliphatic hydroxyl groups is 2. The van der Waals surface area contributed by atoms with Crippen molar-refractivity contribution in [2.24, 2.45) is 0 Å². The van der Waals surface area contributed by atoms with Crippen molar-refractivity contribution in [2.75, 3.05) is 56.9 Å². The van der Waals surface area contributed by atoms with Gasteiger partial charge in [-0.1, -0.05) is 142 Å². The highest BCUT2D eigenvalue weighted by Gasteiger charge is 2.24. The summed E-state index contributed by atoms with van der Waals surface area (Å²) < 4.78 is 0. The molecule has 1 rings (SSSR count). The van der Waals surface area contributed by atoms with Crippen molar-refractivity contribution in [1.29, 1.82) is 0 Å². The molecule has 48 heavy (non-hydrogen) atoms. The SMILES string of the molecule is CCCCCCCCCCCCCC[NH2+]CC(O)C(O)C[NH+](CCCCCCCCCCCCCC)CCCNc1c(NC)c(=O)c1=O. The van der Waals surface area contributed by atoms with Crippen molar-refractivity contribution >= 4 is 11.4 Å². The maximum atomic E-state index is 11.9. The molecule has 0 aromatic heterocycles. The highest BCUT2D eigenvalue weighted by molar-refractivity contribution is 5.73. The molecule has 282 valence electrons. The topological polar surface area (TPSA) is 120 Å². The van der Waals surface area contributed by atoms with Crippen LogP contribution in [0.5, 0.6) is 0 Å². The molecular weight excluding hydrogens is 600 g/mol. The lowest BCUT2D eigenvalue weighted by Gasteiger charge is -2.25. The first kappa shape index (κ1) is 44.5. The Labute approximate surface area is 295 Å². The second kappa shape index (κ2) is 31.5. The summed E-state index contributed by atoms with van der Waals surface area (Å²) in [4.78, 5) is 24.9. The standard InChI is InChI=1S/C40H78N4O4/c1-4-6-8-10-12-14-16-18-20-22-24-26-29-42-33-35(45)36(46)34-44(32-28-30-43-38-37(41-3)39(47)40(38)48)31-27-25-23-21-19-17-15-13-11-9-7-5-2/h35-36,41-43,45-46H,4-34H2,1-3H3/p+2. The van der Waals surface area contributed by atoms with Gasteiger partial charge in [-0.25, -0.2) is 0 Å². The summed E-state index contributed by atoms with van der Waals surface area (Å²) >= 11 is 0. The Morgan fingerprint density at radius 3 is 1.46 bits per heavy atom. The number of unbranched alkanes of at least 4 members (excludes halogenated alkanes) is 22. The Morgan fingerprint density at radius 2 is 0.979 bits per heavy atom. The van der Waals surface area contributed by atoms with E-state index >= 15 is 0 Å². The lowest BCUT2D eigenvalue weighted by atomic mass is 10.1. The number of rotatable bonds is 37. The molecule has 0 amide bonds. The Hall–Kier alpha value is -1.48. The van der Waals surface area contributed by atoms with Crippen molar-refractivity contribution in [3.8, 4) is 0 Å². The third-order valence-corrected chi connectivity index (χ3v) is 10.2. The second-order valence-corrected chi connectivity index (χ2v) is 14.6. The number of hydrogen-bond donors (Lipinski definition) is 6. The molecule has 0 aliphatic rings. The van der Waals surface area contributed by atoms with Crippen molar-refractivity contribution < 1.29 is 20.4 Å². The van der Waals surface area contributed by atoms with E-state index in [1.54, 1.807) is 7.05 Å². The van der Waals surface area contributed by atoms with E-state index in [1.807, 2.05) is 0 Å². The molecule has 0 heterocycles. The molecule has 0 fully saturated rings. The highest BCUT2D eigenvalue weighted by atomic mass is 16.3. The third-order valence-electron chi connectivity index (χ3n) is 10.2. The van der Waals surface area contributed by atoms with Crippen LogP contribution in [0.3, 0.4) is 0 Å². The van der Waals surface area contributed by atoms with Gasteiger partial charge in [-0.15, -0.1) is 0 Å². The number of aliphatic hydroxyl groups excluding tert-OH is 2. The van der Waals surface area contributed by atoms with Crippen LogP contribution in [-0.4, -0.2) is 68.7 Å². The van der Waals surface area contributed by atoms with Gasteiger partial charge in [-0.3, -0.25) is 9.59 Å². The van der Waals surface area contributed by atoms with Crippen LogP contribution in [0.15, 0.2) is 9.59 Å². The molecule has 1 aromatic rings. The summed E-state index contributed by atoms with van der Waals surface area (Å²) in [6.45, 7) is 9.06. The number of nitrogens with one attached hydrogen (secondary N) is 3. The minimum atomic E-state index is -0.743. The lowest BCUT2D eigenvalue weighted by molar-refractivity contribution is -0.904. The number of quaternary nitrogens is 2. The van der Waals surface area contributed by atoms with Gasteiger partial charge in [0.15, 0.2) is 0 Å². The molecule has 7 N–H and O–H groups in total. The van der Waals surface area contributed by atoms with E-state index in [1.165, 1.54) is 153 Å². The molecule has 0 aliphatic carbocycles. The van der Waals surface area contributed by atoms with Crippen molar-refractivity contribution in [3.63, 3.8) is 0 Å². The van der Waals surface area contributed by atoms with Crippen LogP contribution in [0.25, 0.3) is 0 Å². The average molecular weight is 681 g/mol. The van der Waals surface area contributed by atoms with E-state index in [-0.39, 0.29) is 0 Å². The first-order valence-corrected chi connectivity index (χ1v) is 20.7. The molecule has 8 nitrogen and oxygen atoms in total. The molecule has 3 unspecified atom stereocenters. The summed E-state index contributed by atoms with van der Waals surface area (Å²) in [7, 11) is 1.66. The summed E-state index contributed by atoms with van der Waals surface area (Å²) in [6, 6.07) is 0. The average Bonchev–Trinajstić information content (AvgIpc) is 3.09. The second-order valence-electron chi connectivity index (χ2n) is 14.6. The third kappa shape index (κ3) is 22.3. The van der Waals surface area contributed by atoms with Gasteiger partial charge >= 0.3 is 0 Å². The smallest absolute Gasteiger partial charge is 0.253 e. The largest absolute Gasteiger partial charge is 0.384 e. The predicted octanol–water partition coefficient (Wildman–Crippen LogP) is 5.70. The van der Waals surface area contributed by atoms with Crippen LogP contribution in [0.2, 0.25) is 0 Å². The summed E-state index contributed by atoms with van der Waals surface area (Å²) in [5.41, 5.74) is -0.131. The number of nitrogens with two attached hydrogens (primary N) is 1. The van der Waals surface area contributed by atoms with Crippen molar-refractivity contribution in [3.05, 3.63) is 20.4 Å². The summed E-state index contributed by atoms with van der Waals surface area (Å²) in [5.74, 6) is 0. The zero-order valence-corrected chi connectivity index (χ0v) is 31.9. The van der Waals surface area contributed by atoms with Gasteiger partial charge in [-0.2, -0.15) is 0 Å². The monoisotopic (exact) mass is 681 g/mol. The molecular formula is C40H80N4O4+2. The maximum Gasteiger partial charge on any atom is 0.253 e. The van der Waals surface area contributed by atoms with Gasteiger partial charge < -0.3 is 31.1 Å². The Balaban J connectivity index is 2.27. The van der Waals surface area contributed by atoms with Gasteiger partial charge in [0.1, 0.15) is 36.7 Å². The fourth-order valence-electron chi connectivity index (χ4n) is 6.90. The highest BCUT2D eigenvalue weighted by Crippen LogP contribution is 2.14. The Bertz CT molecular complexity index is 920. The molecule has 0 bridgehead atoms. The number of hydrogen-bond acceptors (Lipinski definition) is 6. The normalized spacial score (nSPS) is 13.6. The zero-order chi connectivity index (χ0) is 35.1. The lowest BCUT2D eigenvalue weighted by Crippen LogP contribution is -3.13. The molecule has 0 saturated heterocycles. The molecule has 0 saturated carbocycles. The Morgan fingerprint density at radius 1 is 0.562 bits per heavy atom. The molecule has 0 radical (unpaired) electrons. The van der Waals surface area contributed by atoms with Crippen molar-refractivity contribution in [1.82, 2.24) is 0 Å². The fourth-order valence-corrected chi connectivity index (χ4v) is 6.90. The predicted molar refractivity (Wildman–Crippen MR) is 205 cm³/mol. The van der Waals surface area contributed by atoms with E-state index in [4.69, 9.17) is 0 Å². The van der Waals surface area contributed by atoms with Crippen LogP contribution in [0, 0.1) is 0 Å². The van der Waals surface area contributed by atoms with Gasteiger partial charge in [0.25, 0.3) is 10.9 Å². The van der Waals surface area contributed by atoms with Crippen molar-refractivity contribution in [2.45, 2.75) is 187 Å². The quantitative estimate of drug-likeness (QED) is 0.0397. The van der Waals surface area contributed by atoms with E-state index in [9.17, 15) is 19.8 Å². The van der Waals surface area contributed by atoms with Crippen LogP contribution in [-0.2, 0) is 0 Å². The molecule has 3 atom stereocenters. The zero-order valence-electron chi connectivity index (χ0n) is 31.9. The maximum absolute atomic E-state index is 11.9. The van der Waals surface area contributed by atoms with E-state index in [2.05, 4.69) is 29.8 Å². The molecule has 8 heteroatoms. The van der Waals surface area contributed by atoms with Crippen LogP contribution in [0.4, 0.5) is 11.4 Å². The summed E-state index contributed by atoms with van der Waals surface area (Å²) in [5, 5.41) is 29.7.